The molecule has 1 aromatic rings. The van der Waals surface area contributed by atoms with Crippen LogP contribution < -0.4 is 5.32 Å². The normalized spacial score (nSPS) is 18.8. The number of carbonyl (C=O) groups is 1. The molecule has 0 atom stereocenters. The number of anilines is 1. The van der Waals surface area contributed by atoms with Gasteiger partial charge in [-0.3, -0.25) is 9.69 Å². The number of likely N-dealkylation sites (tertiary alicyclic amines) is 1. The predicted molar refractivity (Wildman–Crippen MR) is 84.1 cm³/mol. The lowest BCUT2D eigenvalue weighted by molar-refractivity contribution is -0.118. The topological polar surface area (TPSA) is 52.6 Å². The van der Waals surface area contributed by atoms with E-state index in [1.165, 1.54) is 0 Å². The number of hydrogen-bond acceptors (Lipinski definition) is 3. The lowest BCUT2D eigenvalue weighted by Gasteiger charge is -2.35. The molecule has 6 heteroatoms. The van der Waals surface area contributed by atoms with Gasteiger partial charge in [-0.1, -0.05) is 27.5 Å². The Kier molecular flexibility index (Phi) is 5.07. The maximum Gasteiger partial charge on any atom is 0.238 e. The van der Waals surface area contributed by atoms with E-state index in [2.05, 4.69) is 21.2 Å². The zero-order valence-corrected chi connectivity index (χ0v) is 13.7. The molecule has 1 aromatic carbocycles. The molecular formula is C14H18BrClN2O2. The maximum absolute atomic E-state index is 12.0. The molecule has 0 aromatic heterocycles. The number of hydrogen-bond donors (Lipinski definition) is 2. The van der Waals surface area contributed by atoms with E-state index in [0.29, 0.717) is 30.1 Å². The zero-order chi connectivity index (χ0) is 14.8. The van der Waals surface area contributed by atoms with E-state index in [-0.39, 0.29) is 5.91 Å². The summed E-state index contributed by atoms with van der Waals surface area (Å²) in [6.45, 7) is 3.62. The number of aliphatic hydroxyl groups is 1. The second kappa shape index (κ2) is 6.43. The summed E-state index contributed by atoms with van der Waals surface area (Å²) in [6, 6.07) is 5.35. The van der Waals surface area contributed by atoms with Gasteiger partial charge in [0.05, 0.1) is 22.9 Å². The van der Waals surface area contributed by atoms with Crippen molar-refractivity contribution >= 4 is 39.1 Å². The van der Waals surface area contributed by atoms with E-state index < -0.39 is 5.60 Å². The molecule has 0 spiro atoms. The van der Waals surface area contributed by atoms with E-state index >= 15 is 0 Å². The van der Waals surface area contributed by atoms with Gasteiger partial charge >= 0.3 is 0 Å². The molecular weight excluding hydrogens is 344 g/mol. The molecule has 2 rings (SSSR count). The summed E-state index contributed by atoms with van der Waals surface area (Å²) in [5.74, 6) is -0.0873. The van der Waals surface area contributed by atoms with Crippen molar-refractivity contribution in [2.75, 3.05) is 25.0 Å². The number of amides is 1. The van der Waals surface area contributed by atoms with E-state index in [4.69, 9.17) is 11.6 Å². The molecule has 1 saturated heterocycles. The largest absolute Gasteiger partial charge is 0.390 e. The second-order valence-corrected chi connectivity index (χ2v) is 6.77. The van der Waals surface area contributed by atoms with Crippen LogP contribution in [-0.2, 0) is 4.79 Å². The average molecular weight is 362 g/mol. The average Bonchev–Trinajstić information content (AvgIpc) is 2.35. The van der Waals surface area contributed by atoms with Crippen LogP contribution in [0.5, 0.6) is 0 Å². The van der Waals surface area contributed by atoms with Crippen LogP contribution >= 0.6 is 27.5 Å². The summed E-state index contributed by atoms with van der Waals surface area (Å²) >= 11 is 9.39. The molecule has 2 N–H and O–H groups in total. The Morgan fingerprint density at radius 1 is 1.50 bits per heavy atom. The van der Waals surface area contributed by atoms with E-state index in [1.807, 2.05) is 17.9 Å². The molecule has 1 fully saturated rings. The van der Waals surface area contributed by atoms with Gasteiger partial charge in [-0.15, -0.1) is 0 Å². The highest BCUT2D eigenvalue weighted by molar-refractivity contribution is 9.10. The van der Waals surface area contributed by atoms with Gasteiger partial charge in [-0.25, -0.2) is 0 Å². The van der Waals surface area contributed by atoms with Crippen molar-refractivity contribution in [2.24, 2.45) is 0 Å². The number of benzene rings is 1. The third kappa shape index (κ3) is 4.45. The Bertz CT molecular complexity index is 498. The van der Waals surface area contributed by atoms with Crippen LogP contribution in [0.2, 0.25) is 5.02 Å². The molecule has 110 valence electrons. The van der Waals surface area contributed by atoms with Gasteiger partial charge in [0, 0.05) is 17.6 Å². The minimum absolute atomic E-state index is 0.0873. The zero-order valence-electron chi connectivity index (χ0n) is 11.3. The number of piperidine rings is 1. The van der Waals surface area contributed by atoms with Gasteiger partial charge < -0.3 is 10.4 Å². The van der Waals surface area contributed by atoms with E-state index in [1.54, 1.807) is 12.1 Å². The first-order valence-electron chi connectivity index (χ1n) is 6.55. The molecule has 0 saturated carbocycles. The standard InChI is InChI=1S/C14H18BrClN2O2/c1-14(20)4-6-18(7-5-14)9-13(19)17-12-3-2-10(15)8-11(12)16/h2-3,8,20H,4-7,9H2,1H3,(H,17,19). The summed E-state index contributed by atoms with van der Waals surface area (Å²) in [7, 11) is 0. The van der Waals surface area contributed by atoms with Crippen molar-refractivity contribution in [1.82, 2.24) is 4.90 Å². The monoisotopic (exact) mass is 360 g/mol. The summed E-state index contributed by atoms with van der Waals surface area (Å²) in [5.41, 5.74) is 0.0195. The first-order chi connectivity index (χ1) is 9.35. The second-order valence-electron chi connectivity index (χ2n) is 5.45. The quantitative estimate of drug-likeness (QED) is 0.870. The smallest absolute Gasteiger partial charge is 0.238 e. The summed E-state index contributed by atoms with van der Waals surface area (Å²) in [4.78, 5) is 14.0. The molecule has 1 aliphatic rings. The van der Waals surface area contributed by atoms with Crippen molar-refractivity contribution in [3.05, 3.63) is 27.7 Å². The number of carbonyl (C=O) groups excluding carboxylic acids is 1. The Morgan fingerprint density at radius 3 is 2.75 bits per heavy atom. The predicted octanol–water partition coefficient (Wildman–Crippen LogP) is 2.89. The first kappa shape index (κ1) is 15.8. The highest BCUT2D eigenvalue weighted by Crippen LogP contribution is 2.26. The number of rotatable bonds is 3. The Balaban J connectivity index is 1.87. The van der Waals surface area contributed by atoms with Crippen LogP contribution in [0.15, 0.2) is 22.7 Å². The van der Waals surface area contributed by atoms with E-state index in [0.717, 1.165) is 17.6 Å². The van der Waals surface area contributed by atoms with E-state index in [9.17, 15) is 9.90 Å². The van der Waals surface area contributed by atoms with Crippen LogP contribution in [0.3, 0.4) is 0 Å². The Morgan fingerprint density at radius 2 is 2.15 bits per heavy atom. The van der Waals surface area contributed by atoms with Gasteiger partial charge in [0.1, 0.15) is 0 Å². The molecule has 4 nitrogen and oxygen atoms in total. The van der Waals surface area contributed by atoms with Crippen LogP contribution in [0.1, 0.15) is 19.8 Å². The highest BCUT2D eigenvalue weighted by Gasteiger charge is 2.28. The van der Waals surface area contributed by atoms with Crippen molar-refractivity contribution in [1.29, 1.82) is 0 Å². The van der Waals surface area contributed by atoms with Crippen LogP contribution in [-0.4, -0.2) is 41.1 Å². The first-order valence-corrected chi connectivity index (χ1v) is 7.72. The Hall–Kier alpha value is -0.620. The van der Waals surface area contributed by atoms with Crippen molar-refractivity contribution < 1.29 is 9.90 Å². The van der Waals surface area contributed by atoms with Crippen molar-refractivity contribution in [2.45, 2.75) is 25.4 Å². The Labute approximate surface area is 132 Å². The molecule has 0 bridgehead atoms. The van der Waals surface area contributed by atoms with Gasteiger partial charge in [0.15, 0.2) is 0 Å². The van der Waals surface area contributed by atoms with Gasteiger partial charge in [-0.2, -0.15) is 0 Å². The number of halogens is 2. The summed E-state index contributed by atoms with van der Waals surface area (Å²) in [5, 5.41) is 13.2. The minimum Gasteiger partial charge on any atom is -0.390 e. The molecule has 1 heterocycles. The van der Waals surface area contributed by atoms with Gasteiger partial charge in [-0.05, 0) is 38.0 Å². The van der Waals surface area contributed by atoms with Gasteiger partial charge in [0.2, 0.25) is 5.91 Å². The fraction of sp³-hybridized carbons (Fsp3) is 0.500. The molecule has 0 aliphatic carbocycles. The SMILES string of the molecule is CC1(O)CCN(CC(=O)Nc2ccc(Br)cc2Cl)CC1. The van der Waals surface area contributed by atoms with Crippen molar-refractivity contribution in [3.8, 4) is 0 Å². The lowest BCUT2D eigenvalue weighted by Crippen LogP contribution is -2.45. The fourth-order valence-corrected chi connectivity index (χ4v) is 2.90. The maximum atomic E-state index is 12.0. The molecule has 1 amide bonds. The number of nitrogens with zero attached hydrogens (tertiary/aromatic N) is 1. The molecule has 0 unspecified atom stereocenters. The van der Waals surface area contributed by atoms with Crippen LogP contribution in [0.25, 0.3) is 0 Å². The lowest BCUT2D eigenvalue weighted by atomic mass is 9.94. The summed E-state index contributed by atoms with van der Waals surface area (Å²) < 4.78 is 0.874. The number of nitrogens with one attached hydrogen (secondary N) is 1. The van der Waals surface area contributed by atoms with Crippen LogP contribution in [0, 0.1) is 0 Å². The molecule has 20 heavy (non-hydrogen) atoms. The molecule has 0 radical (unpaired) electrons. The third-order valence-corrected chi connectivity index (χ3v) is 4.31. The summed E-state index contributed by atoms with van der Waals surface area (Å²) in [6.07, 6.45) is 1.39. The van der Waals surface area contributed by atoms with Crippen LogP contribution in [0.4, 0.5) is 5.69 Å². The third-order valence-electron chi connectivity index (χ3n) is 3.51. The van der Waals surface area contributed by atoms with Gasteiger partial charge in [0.25, 0.3) is 0 Å². The van der Waals surface area contributed by atoms with Crippen molar-refractivity contribution in [3.63, 3.8) is 0 Å². The molecule has 1 aliphatic heterocycles. The highest BCUT2D eigenvalue weighted by atomic mass is 79.9. The fourth-order valence-electron chi connectivity index (χ4n) is 2.18. The minimum atomic E-state index is -0.595.